The number of halogens is 1. The van der Waals surface area contributed by atoms with E-state index in [1.807, 2.05) is 36.4 Å². The molecular weight excluding hydrogens is 430 g/mol. The molecule has 0 bridgehead atoms. The van der Waals surface area contributed by atoms with E-state index >= 15 is 0 Å². The molecule has 5 rings (SSSR count). The number of rotatable bonds is 2. The van der Waals surface area contributed by atoms with Crippen LogP contribution < -0.4 is 11.2 Å². The van der Waals surface area contributed by atoms with Crippen LogP contribution in [0.2, 0.25) is 5.02 Å². The largest absolute Gasteiger partial charge is 0.426 e. The number of hydrogen-bond donors (Lipinski definition) is 0. The Kier molecular flexibility index (Phi) is 4.53. The van der Waals surface area contributed by atoms with Crippen molar-refractivity contribution in [3.05, 3.63) is 102 Å². The molecule has 32 heavy (non-hydrogen) atoms. The predicted molar refractivity (Wildman–Crippen MR) is 122 cm³/mol. The lowest BCUT2D eigenvalue weighted by atomic mass is 9.81. The monoisotopic (exact) mass is 447 g/mol. The van der Waals surface area contributed by atoms with Crippen LogP contribution in [0.3, 0.4) is 0 Å². The smallest absolute Gasteiger partial charge is 0.332 e. The fourth-order valence-electron chi connectivity index (χ4n) is 4.41. The highest BCUT2D eigenvalue weighted by Gasteiger charge is 2.42. The molecule has 0 radical (unpaired) electrons. The Balaban J connectivity index is 1.95. The van der Waals surface area contributed by atoms with E-state index in [0.717, 1.165) is 15.7 Å². The minimum Gasteiger partial charge on any atom is -0.426 e. The Morgan fingerprint density at radius 3 is 2.31 bits per heavy atom. The van der Waals surface area contributed by atoms with Gasteiger partial charge in [0.1, 0.15) is 11.6 Å². The van der Waals surface area contributed by atoms with Crippen LogP contribution in [0.4, 0.5) is 5.82 Å². The highest BCUT2D eigenvalue weighted by Crippen LogP contribution is 2.48. The molecule has 0 amide bonds. The molecule has 2 heterocycles. The zero-order chi connectivity index (χ0) is 22.7. The van der Waals surface area contributed by atoms with Crippen molar-refractivity contribution in [3.8, 4) is 0 Å². The van der Waals surface area contributed by atoms with Gasteiger partial charge >= 0.3 is 11.7 Å². The molecule has 0 spiro atoms. The van der Waals surface area contributed by atoms with Crippen molar-refractivity contribution in [3.63, 3.8) is 0 Å². The third-order valence-electron chi connectivity index (χ3n) is 5.84. The number of esters is 1. The molecular formula is C24H18ClN3O4. The van der Waals surface area contributed by atoms with E-state index in [-0.39, 0.29) is 5.82 Å². The Bertz CT molecular complexity index is 1490. The van der Waals surface area contributed by atoms with Crippen molar-refractivity contribution in [1.29, 1.82) is 0 Å². The summed E-state index contributed by atoms with van der Waals surface area (Å²) in [7, 11) is 3.03. The number of aliphatic imine (C=N–C) groups is 1. The predicted octanol–water partition coefficient (Wildman–Crippen LogP) is 3.29. The maximum atomic E-state index is 13.4. The molecule has 1 aliphatic carbocycles. The normalized spacial score (nSPS) is 16.2. The fraction of sp³-hybridized carbons (Fsp3) is 0.167. The zero-order valence-electron chi connectivity index (χ0n) is 17.5. The first-order chi connectivity index (χ1) is 15.3. The molecule has 0 fully saturated rings. The first kappa shape index (κ1) is 20.2. The first-order valence-corrected chi connectivity index (χ1v) is 10.3. The second-order valence-corrected chi connectivity index (χ2v) is 8.21. The first-order valence-electron chi connectivity index (χ1n) is 9.96. The molecule has 1 aromatic heterocycles. The average Bonchev–Trinajstić information content (AvgIpc) is 3.08. The van der Waals surface area contributed by atoms with Crippen molar-refractivity contribution < 1.29 is 9.53 Å². The number of benzene rings is 2. The molecule has 0 saturated carbocycles. The summed E-state index contributed by atoms with van der Waals surface area (Å²) in [6.45, 7) is 1.34. The van der Waals surface area contributed by atoms with Crippen LogP contribution in [0.15, 0.2) is 68.7 Å². The number of allylic oxidation sites excluding steroid dienone is 1. The zero-order valence-corrected chi connectivity index (χ0v) is 18.3. The summed E-state index contributed by atoms with van der Waals surface area (Å²) in [6, 6.07) is 14.6. The average molecular weight is 448 g/mol. The third-order valence-corrected chi connectivity index (χ3v) is 6.09. The van der Waals surface area contributed by atoms with E-state index in [9.17, 15) is 14.4 Å². The summed E-state index contributed by atoms with van der Waals surface area (Å²) in [5.74, 6) is -0.427. The van der Waals surface area contributed by atoms with Gasteiger partial charge in [-0.15, -0.1) is 0 Å². The molecule has 8 heteroatoms. The number of hydrogen-bond acceptors (Lipinski definition) is 5. The maximum absolute atomic E-state index is 13.4. The van der Waals surface area contributed by atoms with Crippen LogP contribution in [0.25, 0.3) is 5.76 Å². The van der Waals surface area contributed by atoms with Crippen LogP contribution in [0.1, 0.15) is 35.1 Å². The van der Waals surface area contributed by atoms with E-state index in [1.54, 1.807) is 19.2 Å². The number of ether oxygens (including phenoxy) is 1. The van der Waals surface area contributed by atoms with Crippen LogP contribution in [0, 0.1) is 0 Å². The third kappa shape index (κ3) is 2.81. The van der Waals surface area contributed by atoms with Crippen LogP contribution in [-0.4, -0.2) is 20.8 Å². The van der Waals surface area contributed by atoms with Gasteiger partial charge in [0.05, 0.1) is 11.3 Å². The van der Waals surface area contributed by atoms with Gasteiger partial charge in [-0.3, -0.25) is 18.7 Å². The fourth-order valence-corrected chi connectivity index (χ4v) is 4.54. The van der Waals surface area contributed by atoms with Crippen molar-refractivity contribution in [2.75, 3.05) is 0 Å². The Labute approximate surface area is 187 Å². The topological polar surface area (TPSA) is 82.7 Å². The molecule has 3 aromatic rings. The second kappa shape index (κ2) is 7.17. The molecule has 0 unspecified atom stereocenters. The molecule has 160 valence electrons. The Morgan fingerprint density at radius 1 is 1.00 bits per heavy atom. The summed E-state index contributed by atoms with van der Waals surface area (Å²) in [5, 5.41) is 0.552. The summed E-state index contributed by atoms with van der Waals surface area (Å²) in [4.78, 5) is 42.8. The van der Waals surface area contributed by atoms with E-state index in [4.69, 9.17) is 21.3 Å². The van der Waals surface area contributed by atoms with Gasteiger partial charge in [0.15, 0.2) is 0 Å². The number of fused-ring (bicyclic) bond motifs is 4. The standard InChI is InChI=1S/C24H18ClN3O4/c1-12(29)32-21-16-7-5-4-6-15(16)20-18(21)17(13-8-10-14(25)11-9-13)19-22(26-20)27(2)24(31)28(3)23(19)30/h4-11,17H,1-3H3/t17-/m1/s1. The van der Waals surface area contributed by atoms with Gasteiger partial charge in [-0.2, -0.15) is 0 Å². The number of carbonyl (C=O) groups excluding carboxylic acids is 1. The minimum absolute atomic E-state index is 0.288. The molecule has 2 aromatic carbocycles. The quantitative estimate of drug-likeness (QED) is 0.564. The van der Waals surface area contributed by atoms with Crippen molar-refractivity contribution in [1.82, 2.24) is 9.13 Å². The van der Waals surface area contributed by atoms with Gasteiger partial charge in [0.25, 0.3) is 5.56 Å². The summed E-state index contributed by atoms with van der Waals surface area (Å²) in [6.07, 6.45) is 0. The number of nitrogens with zero attached hydrogens (tertiary/aromatic N) is 3. The summed E-state index contributed by atoms with van der Waals surface area (Å²) in [5.41, 5.74) is 2.88. The van der Waals surface area contributed by atoms with Crippen molar-refractivity contribution in [2.24, 2.45) is 19.1 Å². The maximum Gasteiger partial charge on any atom is 0.332 e. The van der Waals surface area contributed by atoms with Crippen LogP contribution >= 0.6 is 11.6 Å². The highest BCUT2D eigenvalue weighted by atomic mass is 35.5. The summed E-state index contributed by atoms with van der Waals surface area (Å²) < 4.78 is 8.11. The van der Waals surface area contributed by atoms with E-state index in [0.29, 0.717) is 33.2 Å². The van der Waals surface area contributed by atoms with Crippen molar-refractivity contribution in [2.45, 2.75) is 12.8 Å². The highest BCUT2D eigenvalue weighted by molar-refractivity contribution is 6.30. The molecule has 1 aliphatic heterocycles. The van der Waals surface area contributed by atoms with Gasteiger partial charge in [0.2, 0.25) is 0 Å². The Hall–Kier alpha value is -3.71. The SMILES string of the molecule is CC(=O)OC1=C2C(=Nc3c(c(=O)n(C)c(=O)n3C)[C@@H]2c2ccc(Cl)cc2)c2ccccc21. The molecule has 2 aliphatic rings. The van der Waals surface area contributed by atoms with Crippen LogP contribution in [0.5, 0.6) is 0 Å². The van der Waals surface area contributed by atoms with Gasteiger partial charge in [-0.25, -0.2) is 9.79 Å². The lowest BCUT2D eigenvalue weighted by Crippen LogP contribution is -2.41. The van der Waals surface area contributed by atoms with E-state index < -0.39 is 23.1 Å². The Morgan fingerprint density at radius 2 is 1.66 bits per heavy atom. The molecule has 0 N–H and O–H groups in total. The molecule has 1 atom stereocenters. The lowest BCUT2D eigenvalue weighted by molar-refractivity contribution is -0.134. The number of carbonyl (C=O) groups is 1. The lowest BCUT2D eigenvalue weighted by Gasteiger charge is -2.27. The van der Waals surface area contributed by atoms with Gasteiger partial charge in [-0.1, -0.05) is 48.0 Å². The number of aromatic nitrogens is 2. The van der Waals surface area contributed by atoms with Gasteiger partial charge < -0.3 is 4.74 Å². The van der Waals surface area contributed by atoms with E-state index in [2.05, 4.69) is 0 Å². The van der Waals surface area contributed by atoms with Gasteiger partial charge in [-0.05, 0) is 17.7 Å². The van der Waals surface area contributed by atoms with Crippen molar-refractivity contribution >= 4 is 34.9 Å². The minimum atomic E-state index is -0.609. The van der Waals surface area contributed by atoms with Gasteiger partial charge in [0, 0.05) is 48.7 Å². The second-order valence-electron chi connectivity index (χ2n) is 7.77. The molecule has 0 saturated heterocycles. The van der Waals surface area contributed by atoms with Crippen LogP contribution in [-0.2, 0) is 23.6 Å². The van der Waals surface area contributed by atoms with E-state index in [1.165, 1.54) is 18.5 Å². The molecule has 7 nitrogen and oxygen atoms in total. The summed E-state index contributed by atoms with van der Waals surface area (Å²) >= 11 is 6.12.